The minimum absolute atomic E-state index is 0.0628. The number of aromatic nitrogens is 2. The summed E-state index contributed by atoms with van der Waals surface area (Å²) >= 11 is 5.67. The monoisotopic (exact) mass is 305 g/mol. The smallest absolute Gasteiger partial charge is 0.242 e. The molecule has 3 aromatic rings. The van der Waals surface area contributed by atoms with E-state index >= 15 is 0 Å². The molecule has 0 saturated carbocycles. The highest BCUT2D eigenvalue weighted by Gasteiger charge is 2.14. The molecule has 0 aliphatic rings. The van der Waals surface area contributed by atoms with Gasteiger partial charge in [0.1, 0.15) is 22.9 Å². The Kier molecular flexibility index (Phi) is 3.77. The van der Waals surface area contributed by atoms with Crippen LogP contribution in [0.1, 0.15) is 5.69 Å². The van der Waals surface area contributed by atoms with Crippen LogP contribution in [0.25, 0.3) is 5.65 Å². The van der Waals surface area contributed by atoms with Crippen LogP contribution in [0, 0.1) is 5.82 Å². The van der Waals surface area contributed by atoms with Crippen LogP contribution in [0.5, 0.6) is 11.6 Å². The molecule has 0 aliphatic heterocycles. The van der Waals surface area contributed by atoms with Crippen LogP contribution in [-0.2, 0) is 6.54 Å². The van der Waals surface area contributed by atoms with Gasteiger partial charge >= 0.3 is 0 Å². The van der Waals surface area contributed by atoms with E-state index in [4.69, 9.17) is 16.3 Å². The SMILES string of the molecule is CNCc1c(Oc2ccc(Cl)c(F)c2)nc2ccccn12. The zero-order valence-corrected chi connectivity index (χ0v) is 12.1. The number of fused-ring (bicyclic) bond motifs is 1. The van der Waals surface area contributed by atoms with Gasteiger partial charge in [-0.25, -0.2) is 4.39 Å². The van der Waals surface area contributed by atoms with Crippen molar-refractivity contribution in [1.82, 2.24) is 14.7 Å². The summed E-state index contributed by atoms with van der Waals surface area (Å²) in [6, 6.07) is 10.0. The molecule has 0 unspecified atom stereocenters. The normalized spacial score (nSPS) is 11.0. The zero-order chi connectivity index (χ0) is 14.8. The highest BCUT2D eigenvalue weighted by Crippen LogP contribution is 2.28. The van der Waals surface area contributed by atoms with Crippen molar-refractivity contribution in [1.29, 1.82) is 0 Å². The number of hydrogen-bond acceptors (Lipinski definition) is 3. The molecule has 2 aromatic heterocycles. The largest absolute Gasteiger partial charge is 0.437 e. The fourth-order valence-electron chi connectivity index (χ4n) is 2.09. The molecule has 0 saturated heterocycles. The van der Waals surface area contributed by atoms with Gasteiger partial charge in [-0.1, -0.05) is 17.7 Å². The molecular weight excluding hydrogens is 293 g/mol. The molecular formula is C15H13ClFN3O. The van der Waals surface area contributed by atoms with E-state index in [1.807, 2.05) is 35.8 Å². The summed E-state index contributed by atoms with van der Waals surface area (Å²) < 4.78 is 21.1. The van der Waals surface area contributed by atoms with Crippen LogP contribution in [0.4, 0.5) is 4.39 Å². The van der Waals surface area contributed by atoms with Crippen molar-refractivity contribution in [2.75, 3.05) is 7.05 Å². The maximum absolute atomic E-state index is 13.5. The second-order valence-electron chi connectivity index (χ2n) is 4.50. The van der Waals surface area contributed by atoms with Gasteiger partial charge in [-0.05, 0) is 31.3 Å². The summed E-state index contributed by atoms with van der Waals surface area (Å²) in [6.45, 7) is 0.580. The number of nitrogens with one attached hydrogen (secondary N) is 1. The second kappa shape index (κ2) is 5.71. The van der Waals surface area contributed by atoms with Crippen molar-refractivity contribution < 1.29 is 9.13 Å². The topological polar surface area (TPSA) is 38.6 Å². The maximum atomic E-state index is 13.5. The number of hydrogen-bond donors (Lipinski definition) is 1. The Balaban J connectivity index is 2.02. The number of pyridine rings is 1. The predicted octanol–water partition coefficient (Wildman–Crippen LogP) is 3.64. The lowest BCUT2D eigenvalue weighted by Crippen LogP contribution is -2.08. The van der Waals surface area contributed by atoms with Gasteiger partial charge in [0.05, 0.1) is 5.02 Å². The van der Waals surface area contributed by atoms with Crippen LogP contribution >= 0.6 is 11.6 Å². The second-order valence-corrected chi connectivity index (χ2v) is 4.91. The van der Waals surface area contributed by atoms with Gasteiger partial charge in [0.25, 0.3) is 0 Å². The summed E-state index contributed by atoms with van der Waals surface area (Å²) in [5, 5.41) is 3.14. The van der Waals surface area contributed by atoms with Gasteiger partial charge in [0, 0.05) is 18.8 Å². The third-order valence-electron chi connectivity index (χ3n) is 3.04. The van der Waals surface area contributed by atoms with Crippen LogP contribution in [-0.4, -0.2) is 16.4 Å². The number of benzene rings is 1. The van der Waals surface area contributed by atoms with Crippen molar-refractivity contribution in [3.05, 3.63) is 59.1 Å². The van der Waals surface area contributed by atoms with Crippen LogP contribution in [0.2, 0.25) is 5.02 Å². The first-order valence-electron chi connectivity index (χ1n) is 6.42. The van der Waals surface area contributed by atoms with E-state index in [1.165, 1.54) is 12.1 Å². The van der Waals surface area contributed by atoms with Crippen LogP contribution < -0.4 is 10.1 Å². The Labute approximate surface area is 126 Å². The summed E-state index contributed by atoms with van der Waals surface area (Å²) in [7, 11) is 1.84. The molecule has 0 spiro atoms. The standard InChI is InChI=1S/C15H13ClFN3O/c1-18-9-13-15(19-14-4-2-3-7-20(13)14)21-10-5-6-11(16)12(17)8-10/h2-8,18H,9H2,1H3. The van der Waals surface area contributed by atoms with Crippen molar-refractivity contribution in [2.24, 2.45) is 0 Å². The minimum atomic E-state index is -0.520. The van der Waals surface area contributed by atoms with Gasteiger partial charge in [-0.15, -0.1) is 0 Å². The Hall–Kier alpha value is -2.11. The van der Waals surface area contributed by atoms with E-state index < -0.39 is 5.82 Å². The molecule has 6 heteroatoms. The molecule has 21 heavy (non-hydrogen) atoms. The number of nitrogens with zero attached hydrogens (tertiary/aromatic N) is 2. The molecule has 0 aliphatic carbocycles. The van der Waals surface area contributed by atoms with E-state index in [-0.39, 0.29) is 5.02 Å². The molecule has 3 rings (SSSR count). The molecule has 0 amide bonds. The van der Waals surface area contributed by atoms with Gasteiger partial charge < -0.3 is 10.1 Å². The fourth-order valence-corrected chi connectivity index (χ4v) is 2.20. The summed E-state index contributed by atoms with van der Waals surface area (Å²) in [5.41, 5.74) is 1.63. The van der Waals surface area contributed by atoms with Gasteiger partial charge in [0.2, 0.25) is 5.88 Å². The molecule has 0 radical (unpaired) electrons. The first kappa shape index (κ1) is 13.9. The molecule has 2 heterocycles. The van der Waals surface area contributed by atoms with Gasteiger partial charge in [-0.3, -0.25) is 4.40 Å². The van der Waals surface area contributed by atoms with Crippen LogP contribution in [0.15, 0.2) is 42.6 Å². The molecule has 0 atom stereocenters. The third-order valence-corrected chi connectivity index (χ3v) is 3.35. The Morgan fingerprint density at radius 2 is 2.19 bits per heavy atom. The lowest BCUT2D eigenvalue weighted by atomic mass is 10.3. The highest BCUT2D eigenvalue weighted by molar-refractivity contribution is 6.30. The van der Waals surface area contributed by atoms with E-state index in [2.05, 4.69) is 10.3 Å². The lowest BCUT2D eigenvalue weighted by Gasteiger charge is -2.06. The van der Waals surface area contributed by atoms with Gasteiger partial charge in [-0.2, -0.15) is 4.98 Å². The summed E-state index contributed by atoms with van der Waals surface area (Å²) in [4.78, 5) is 4.42. The molecule has 0 bridgehead atoms. The molecule has 4 nitrogen and oxygen atoms in total. The van der Waals surface area contributed by atoms with E-state index in [0.29, 0.717) is 18.2 Å². The van der Waals surface area contributed by atoms with E-state index in [0.717, 1.165) is 11.3 Å². The third kappa shape index (κ3) is 2.70. The number of imidazole rings is 1. The summed E-state index contributed by atoms with van der Waals surface area (Å²) in [6.07, 6.45) is 1.91. The zero-order valence-electron chi connectivity index (χ0n) is 11.3. The number of ether oxygens (including phenoxy) is 1. The first-order chi connectivity index (χ1) is 10.2. The number of halogens is 2. The molecule has 108 valence electrons. The molecule has 1 N–H and O–H groups in total. The Morgan fingerprint density at radius 3 is 2.95 bits per heavy atom. The maximum Gasteiger partial charge on any atom is 0.242 e. The highest BCUT2D eigenvalue weighted by atomic mass is 35.5. The average Bonchev–Trinajstić information content (AvgIpc) is 2.81. The Morgan fingerprint density at radius 1 is 1.33 bits per heavy atom. The van der Waals surface area contributed by atoms with Gasteiger partial charge in [0.15, 0.2) is 0 Å². The molecule has 1 aromatic carbocycles. The van der Waals surface area contributed by atoms with Crippen molar-refractivity contribution in [2.45, 2.75) is 6.54 Å². The molecule has 0 fully saturated rings. The van der Waals surface area contributed by atoms with Crippen LogP contribution in [0.3, 0.4) is 0 Å². The van der Waals surface area contributed by atoms with E-state index in [1.54, 1.807) is 6.07 Å². The average molecular weight is 306 g/mol. The Bertz CT molecular complexity index is 788. The van der Waals surface area contributed by atoms with E-state index in [9.17, 15) is 4.39 Å². The first-order valence-corrected chi connectivity index (χ1v) is 6.80. The summed E-state index contributed by atoms with van der Waals surface area (Å²) in [5.74, 6) is 0.281. The fraction of sp³-hybridized carbons (Fsp3) is 0.133. The van der Waals surface area contributed by atoms with Crippen molar-refractivity contribution in [3.63, 3.8) is 0 Å². The minimum Gasteiger partial charge on any atom is -0.437 e. The number of rotatable bonds is 4. The van der Waals surface area contributed by atoms with Crippen molar-refractivity contribution >= 4 is 17.2 Å². The predicted molar refractivity (Wildman–Crippen MR) is 79.4 cm³/mol. The quantitative estimate of drug-likeness (QED) is 0.800. The van der Waals surface area contributed by atoms with Crippen molar-refractivity contribution in [3.8, 4) is 11.6 Å². The lowest BCUT2D eigenvalue weighted by molar-refractivity contribution is 0.452.